The van der Waals surface area contributed by atoms with Gasteiger partial charge in [-0.05, 0) is 29.8 Å². The molecule has 4 nitrogen and oxygen atoms in total. The Kier molecular flexibility index (Phi) is 4.60. The van der Waals surface area contributed by atoms with Gasteiger partial charge in [0.25, 0.3) is 0 Å². The number of nitrogens with zero attached hydrogens (tertiary/aromatic N) is 1. The van der Waals surface area contributed by atoms with Crippen LogP contribution in [0.4, 0.5) is 5.69 Å². The molecule has 0 unspecified atom stereocenters. The summed E-state index contributed by atoms with van der Waals surface area (Å²) in [5, 5.41) is 0. The van der Waals surface area contributed by atoms with E-state index in [1.807, 2.05) is 42.5 Å². The standard InChI is InChI=1S/C16H17NO3/c1-18-14-6-4-5-12(9-14)11-17-13-7-8-15(19-2)16(10-13)20-3/h4-11H,1-3H3. The van der Waals surface area contributed by atoms with Gasteiger partial charge in [-0.1, -0.05) is 12.1 Å². The van der Waals surface area contributed by atoms with Gasteiger partial charge in [0.1, 0.15) is 5.75 Å². The lowest BCUT2D eigenvalue weighted by molar-refractivity contribution is 0.355. The minimum Gasteiger partial charge on any atom is -0.497 e. The predicted molar refractivity (Wildman–Crippen MR) is 79.8 cm³/mol. The van der Waals surface area contributed by atoms with E-state index >= 15 is 0 Å². The summed E-state index contributed by atoms with van der Waals surface area (Å²) >= 11 is 0. The van der Waals surface area contributed by atoms with Gasteiger partial charge in [-0.3, -0.25) is 4.99 Å². The van der Waals surface area contributed by atoms with Crippen LogP contribution in [0.15, 0.2) is 47.5 Å². The molecule has 2 rings (SSSR count). The molecule has 4 heteroatoms. The van der Waals surface area contributed by atoms with Crippen LogP contribution in [0.25, 0.3) is 0 Å². The summed E-state index contributed by atoms with van der Waals surface area (Å²) < 4.78 is 15.6. The quantitative estimate of drug-likeness (QED) is 0.782. The van der Waals surface area contributed by atoms with E-state index < -0.39 is 0 Å². The van der Waals surface area contributed by atoms with Crippen molar-refractivity contribution in [3.05, 3.63) is 48.0 Å². The number of ether oxygens (including phenoxy) is 3. The Balaban J connectivity index is 2.22. The predicted octanol–water partition coefficient (Wildman–Crippen LogP) is 3.46. The fourth-order valence-corrected chi connectivity index (χ4v) is 1.78. The third kappa shape index (κ3) is 3.29. The summed E-state index contributed by atoms with van der Waals surface area (Å²) in [6.07, 6.45) is 1.78. The van der Waals surface area contributed by atoms with Crippen molar-refractivity contribution in [2.45, 2.75) is 0 Å². The van der Waals surface area contributed by atoms with E-state index in [1.54, 1.807) is 27.5 Å². The zero-order valence-electron chi connectivity index (χ0n) is 11.8. The molecule has 0 bridgehead atoms. The highest BCUT2D eigenvalue weighted by atomic mass is 16.5. The monoisotopic (exact) mass is 271 g/mol. The second-order valence-electron chi connectivity index (χ2n) is 4.07. The molecule has 0 spiro atoms. The molecular weight excluding hydrogens is 254 g/mol. The van der Waals surface area contributed by atoms with Crippen molar-refractivity contribution in [3.63, 3.8) is 0 Å². The van der Waals surface area contributed by atoms with Crippen LogP contribution in [-0.2, 0) is 0 Å². The Morgan fingerprint density at radius 2 is 1.65 bits per heavy atom. The Labute approximate surface area is 118 Å². The lowest BCUT2D eigenvalue weighted by Gasteiger charge is -2.07. The molecule has 0 fully saturated rings. The third-order valence-corrected chi connectivity index (χ3v) is 2.82. The van der Waals surface area contributed by atoms with Crippen molar-refractivity contribution in [2.75, 3.05) is 21.3 Å². The zero-order chi connectivity index (χ0) is 14.4. The summed E-state index contributed by atoms with van der Waals surface area (Å²) in [5.41, 5.74) is 1.77. The van der Waals surface area contributed by atoms with Gasteiger partial charge >= 0.3 is 0 Å². The summed E-state index contributed by atoms with van der Waals surface area (Å²) in [5.74, 6) is 2.15. The Morgan fingerprint density at radius 1 is 0.850 bits per heavy atom. The molecule has 2 aromatic carbocycles. The second-order valence-corrected chi connectivity index (χ2v) is 4.07. The number of hydrogen-bond acceptors (Lipinski definition) is 4. The highest BCUT2D eigenvalue weighted by Gasteiger charge is 2.03. The van der Waals surface area contributed by atoms with E-state index in [4.69, 9.17) is 14.2 Å². The van der Waals surface area contributed by atoms with E-state index in [0.717, 1.165) is 17.0 Å². The topological polar surface area (TPSA) is 40.0 Å². The lowest BCUT2D eigenvalue weighted by Crippen LogP contribution is -1.89. The molecular formula is C16H17NO3. The summed E-state index contributed by atoms with van der Waals surface area (Å²) in [7, 11) is 4.86. The molecule has 0 aliphatic carbocycles. The molecule has 0 radical (unpaired) electrons. The van der Waals surface area contributed by atoms with Gasteiger partial charge in [0.05, 0.1) is 27.0 Å². The maximum atomic E-state index is 5.25. The van der Waals surface area contributed by atoms with Crippen LogP contribution < -0.4 is 14.2 Å². The van der Waals surface area contributed by atoms with Gasteiger partial charge in [-0.15, -0.1) is 0 Å². The van der Waals surface area contributed by atoms with E-state index in [0.29, 0.717) is 11.5 Å². The molecule has 104 valence electrons. The summed E-state index contributed by atoms with van der Waals surface area (Å²) in [6.45, 7) is 0. The fraction of sp³-hybridized carbons (Fsp3) is 0.188. The number of rotatable bonds is 5. The molecule has 0 saturated carbocycles. The molecule has 0 atom stereocenters. The number of aliphatic imine (C=N–C) groups is 1. The Morgan fingerprint density at radius 3 is 2.35 bits per heavy atom. The van der Waals surface area contributed by atoms with Gasteiger partial charge < -0.3 is 14.2 Å². The maximum Gasteiger partial charge on any atom is 0.162 e. The molecule has 0 heterocycles. The Hall–Kier alpha value is -2.49. The highest BCUT2D eigenvalue weighted by Crippen LogP contribution is 2.30. The third-order valence-electron chi connectivity index (χ3n) is 2.82. The number of benzene rings is 2. The largest absolute Gasteiger partial charge is 0.497 e. The van der Waals surface area contributed by atoms with Crippen LogP contribution in [0.5, 0.6) is 17.2 Å². The van der Waals surface area contributed by atoms with Crippen molar-refractivity contribution in [3.8, 4) is 17.2 Å². The first-order chi connectivity index (χ1) is 9.76. The smallest absolute Gasteiger partial charge is 0.162 e. The minimum atomic E-state index is 0.660. The van der Waals surface area contributed by atoms with Gasteiger partial charge in [-0.2, -0.15) is 0 Å². The average molecular weight is 271 g/mol. The molecule has 2 aromatic rings. The molecule has 0 aliphatic heterocycles. The molecule has 0 aromatic heterocycles. The first-order valence-corrected chi connectivity index (χ1v) is 6.17. The molecule has 0 N–H and O–H groups in total. The van der Waals surface area contributed by atoms with Crippen LogP contribution in [0, 0.1) is 0 Å². The molecule has 0 aliphatic rings. The normalized spacial score (nSPS) is 10.6. The number of hydrogen-bond donors (Lipinski definition) is 0. The van der Waals surface area contributed by atoms with Crippen LogP contribution in [0.2, 0.25) is 0 Å². The minimum absolute atomic E-state index is 0.660. The van der Waals surface area contributed by atoms with Crippen LogP contribution in [-0.4, -0.2) is 27.5 Å². The zero-order valence-corrected chi connectivity index (χ0v) is 11.8. The summed E-state index contributed by atoms with van der Waals surface area (Å²) in [6, 6.07) is 13.2. The van der Waals surface area contributed by atoms with Crippen LogP contribution in [0.1, 0.15) is 5.56 Å². The first kappa shape index (κ1) is 13.9. The van der Waals surface area contributed by atoms with Crippen molar-refractivity contribution in [2.24, 2.45) is 4.99 Å². The van der Waals surface area contributed by atoms with E-state index in [-0.39, 0.29) is 0 Å². The molecule has 0 amide bonds. The molecule has 20 heavy (non-hydrogen) atoms. The number of methoxy groups -OCH3 is 3. The van der Waals surface area contributed by atoms with Crippen molar-refractivity contribution < 1.29 is 14.2 Å². The van der Waals surface area contributed by atoms with Crippen molar-refractivity contribution >= 4 is 11.9 Å². The highest BCUT2D eigenvalue weighted by molar-refractivity contribution is 5.82. The van der Waals surface area contributed by atoms with E-state index in [1.165, 1.54) is 0 Å². The van der Waals surface area contributed by atoms with Crippen molar-refractivity contribution in [1.29, 1.82) is 0 Å². The molecule has 0 saturated heterocycles. The van der Waals surface area contributed by atoms with Gasteiger partial charge in [0, 0.05) is 12.3 Å². The fourth-order valence-electron chi connectivity index (χ4n) is 1.78. The summed E-state index contributed by atoms with van der Waals surface area (Å²) in [4.78, 5) is 4.42. The van der Waals surface area contributed by atoms with Gasteiger partial charge in [-0.25, -0.2) is 0 Å². The van der Waals surface area contributed by atoms with E-state index in [2.05, 4.69) is 4.99 Å². The van der Waals surface area contributed by atoms with Crippen LogP contribution >= 0.6 is 0 Å². The van der Waals surface area contributed by atoms with E-state index in [9.17, 15) is 0 Å². The Bertz CT molecular complexity index is 608. The van der Waals surface area contributed by atoms with Crippen molar-refractivity contribution in [1.82, 2.24) is 0 Å². The average Bonchev–Trinajstić information content (AvgIpc) is 2.52. The van der Waals surface area contributed by atoms with Gasteiger partial charge in [0.2, 0.25) is 0 Å². The maximum absolute atomic E-state index is 5.25. The lowest BCUT2D eigenvalue weighted by atomic mass is 10.2. The second kappa shape index (κ2) is 6.61. The van der Waals surface area contributed by atoms with Crippen LogP contribution in [0.3, 0.4) is 0 Å². The first-order valence-electron chi connectivity index (χ1n) is 6.17. The van der Waals surface area contributed by atoms with Gasteiger partial charge in [0.15, 0.2) is 11.5 Å². The SMILES string of the molecule is COc1cccc(C=Nc2ccc(OC)c(OC)c2)c1.